The summed E-state index contributed by atoms with van der Waals surface area (Å²) in [7, 11) is 0. The molecule has 1 heterocycles. The molecule has 1 fully saturated rings. The lowest BCUT2D eigenvalue weighted by molar-refractivity contribution is -0.146. The van der Waals surface area contributed by atoms with Gasteiger partial charge in [-0.2, -0.15) is 0 Å². The highest BCUT2D eigenvalue weighted by atomic mass is 16.4. The number of aliphatic imine (C=N–C) groups is 1. The van der Waals surface area contributed by atoms with E-state index in [4.69, 9.17) is 22.3 Å². The second-order valence-corrected chi connectivity index (χ2v) is 8.04. The highest BCUT2D eigenvalue weighted by Gasteiger charge is 2.39. The molecule has 1 rings (SSSR count). The molecule has 3 amide bonds. The number of nitrogens with one attached hydrogen (secondary N) is 2. The molecular weight excluding hydrogens is 438 g/mol. The highest BCUT2D eigenvalue weighted by molar-refractivity contribution is 5.94. The third-order valence-corrected chi connectivity index (χ3v) is 5.23. The number of carboxylic acids is 1. The molecule has 1 aliphatic rings. The lowest BCUT2D eigenvalue weighted by Crippen LogP contribution is -2.60. The van der Waals surface area contributed by atoms with E-state index in [-0.39, 0.29) is 5.96 Å². The zero-order valence-electron chi connectivity index (χ0n) is 18.8. The minimum absolute atomic E-state index is 0.0639. The van der Waals surface area contributed by atoms with Crippen LogP contribution in [0.1, 0.15) is 39.5 Å². The molecular formula is C19H35N7O7. The summed E-state index contributed by atoms with van der Waals surface area (Å²) < 4.78 is 0. The summed E-state index contributed by atoms with van der Waals surface area (Å²) in [6.07, 6.45) is -1.14. The van der Waals surface area contributed by atoms with Gasteiger partial charge in [0, 0.05) is 13.1 Å². The van der Waals surface area contributed by atoms with Crippen LogP contribution in [0, 0.1) is 0 Å². The van der Waals surface area contributed by atoms with Crippen molar-refractivity contribution in [2.24, 2.45) is 22.2 Å². The van der Waals surface area contributed by atoms with Gasteiger partial charge in [-0.15, -0.1) is 0 Å². The number of rotatable bonds is 12. The van der Waals surface area contributed by atoms with E-state index >= 15 is 0 Å². The highest BCUT2D eigenvalue weighted by Crippen LogP contribution is 2.19. The Morgan fingerprint density at radius 1 is 1.09 bits per heavy atom. The van der Waals surface area contributed by atoms with Crippen LogP contribution in [0.3, 0.4) is 0 Å². The zero-order chi connectivity index (χ0) is 25.3. The number of carbonyl (C=O) groups is 4. The van der Waals surface area contributed by atoms with Crippen LogP contribution in [-0.4, -0.2) is 99.3 Å². The molecule has 0 aromatic rings. The van der Waals surface area contributed by atoms with Gasteiger partial charge in [-0.3, -0.25) is 19.4 Å². The zero-order valence-corrected chi connectivity index (χ0v) is 18.8. The molecule has 1 saturated heterocycles. The lowest BCUT2D eigenvalue weighted by Gasteiger charge is -2.29. The van der Waals surface area contributed by atoms with Gasteiger partial charge in [-0.1, -0.05) is 0 Å². The SMILES string of the molecule is CC(O)C(NC(=O)C(NC(=O)C1CCCN1C(=O)C(N)CCCN=C(N)N)C(C)O)C(=O)O. The number of hydrogen-bond donors (Lipinski definition) is 8. The van der Waals surface area contributed by atoms with Crippen LogP contribution >= 0.6 is 0 Å². The maximum Gasteiger partial charge on any atom is 0.328 e. The van der Waals surface area contributed by atoms with Crippen molar-refractivity contribution in [3.05, 3.63) is 0 Å². The van der Waals surface area contributed by atoms with E-state index in [0.29, 0.717) is 38.8 Å². The van der Waals surface area contributed by atoms with E-state index in [1.165, 1.54) is 18.7 Å². The van der Waals surface area contributed by atoms with Crippen molar-refractivity contribution >= 4 is 29.7 Å². The smallest absolute Gasteiger partial charge is 0.328 e. The molecule has 0 spiro atoms. The van der Waals surface area contributed by atoms with Crippen LogP contribution in [0.25, 0.3) is 0 Å². The van der Waals surface area contributed by atoms with Gasteiger partial charge >= 0.3 is 5.97 Å². The summed E-state index contributed by atoms with van der Waals surface area (Å²) in [5.74, 6) is -3.64. The monoisotopic (exact) mass is 473 g/mol. The number of carboxylic acid groups (broad SMARTS) is 1. The Bertz CT molecular complexity index is 740. The lowest BCUT2D eigenvalue weighted by atomic mass is 10.1. The maximum atomic E-state index is 12.8. The first-order chi connectivity index (χ1) is 15.4. The van der Waals surface area contributed by atoms with Gasteiger partial charge in [0.2, 0.25) is 17.7 Å². The van der Waals surface area contributed by atoms with Crippen molar-refractivity contribution in [1.82, 2.24) is 15.5 Å². The first-order valence-electron chi connectivity index (χ1n) is 10.7. The largest absolute Gasteiger partial charge is 0.480 e. The van der Waals surface area contributed by atoms with E-state index in [2.05, 4.69) is 15.6 Å². The summed E-state index contributed by atoms with van der Waals surface area (Å²) in [5, 5.41) is 33.1. The topological polar surface area (TPSA) is 247 Å². The summed E-state index contributed by atoms with van der Waals surface area (Å²) in [6.45, 7) is 3.03. The number of aliphatic hydroxyl groups excluding tert-OH is 2. The quantitative estimate of drug-likeness (QED) is 0.0779. The Hall–Kier alpha value is -2.97. The fourth-order valence-corrected chi connectivity index (χ4v) is 3.45. The van der Waals surface area contributed by atoms with Crippen LogP contribution in [0.5, 0.6) is 0 Å². The van der Waals surface area contributed by atoms with Crippen LogP contribution < -0.4 is 27.8 Å². The van der Waals surface area contributed by atoms with Crippen molar-refractivity contribution in [2.45, 2.75) is 75.9 Å². The summed E-state index contributed by atoms with van der Waals surface area (Å²) in [5.41, 5.74) is 16.5. The number of hydrogen-bond acceptors (Lipinski definition) is 8. The molecule has 6 atom stereocenters. The number of likely N-dealkylation sites (tertiary alicyclic amines) is 1. The fourth-order valence-electron chi connectivity index (χ4n) is 3.45. The van der Waals surface area contributed by atoms with E-state index in [9.17, 15) is 29.4 Å². The predicted molar refractivity (Wildman–Crippen MR) is 117 cm³/mol. The molecule has 6 unspecified atom stereocenters. The van der Waals surface area contributed by atoms with Crippen LogP contribution in [0.15, 0.2) is 4.99 Å². The molecule has 0 aromatic carbocycles. The molecule has 0 aliphatic carbocycles. The molecule has 0 aromatic heterocycles. The second kappa shape index (κ2) is 12.9. The maximum absolute atomic E-state index is 12.8. The first kappa shape index (κ1) is 28.1. The van der Waals surface area contributed by atoms with Gasteiger partial charge in [0.05, 0.1) is 18.2 Å². The van der Waals surface area contributed by atoms with E-state index in [1.807, 2.05) is 0 Å². The molecule has 0 saturated carbocycles. The third-order valence-electron chi connectivity index (χ3n) is 5.23. The molecule has 0 bridgehead atoms. The summed E-state index contributed by atoms with van der Waals surface area (Å²) in [4.78, 5) is 54.4. The number of guanidine groups is 1. The fraction of sp³-hybridized carbons (Fsp3) is 0.737. The van der Waals surface area contributed by atoms with Crippen LogP contribution in [0.2, 0.25) is 0 Å². The number of nitrogens with two attached hydrogens (primary N) is 3. The molecule has 0 radical (unpaired) electrons. The molecule has 33 heavy (non-hydrogen) atoms. The van der Waals surface area contributed by atoms with Gasteiger partial charge in [-0.05, 0) is 39.5 Å². The van der Waals surface area contributed by atoms with Crippen molar-refractivity contribution in [3.8, 4) is 0 Å². The van der Waals surface area contributed by atoms with Crippen molar-refractivity contribution in [1.29, 1.82) is 0 Å². The second-order valence-electron chi connectivity index (χ2n) is 8.04. The Labute approximate surface area is 191 Å². The van der Waals surface area contributed by atoms with Crippen LogP contribution in [-0.2, 0) is 19.2 Å². The summed E-state index contributed by atoms with van der Waals surface area (Å²) in [6, 6.07) is -4.89. The Morgan fingerprint density at radius 3 is 2.21 bits per heavy atom. The van der Waals surface area contributed by atoms with Crippen molar-refractivity contribution in [2.75, 3.05) is 13.1 Å². The standard InChI is InChI=1S/C19H35N7O7/c1-9(27)13(16(30)25-14(10(2)28)18(32)33)24-15(29)12-6-4-8-26(12)17(31)11(20)5-3-7-23-19(21)22/h9-14,27-28H,3-8,20H2,1-2H3,(H,24,29)(H,25,30)(H,32,33)(H4,21,22,23). The predicted octanol–water partition coefficient (Wildman–Crippen LogP) is -3.83. The van der Waals surface area contributed by atoms with E-state index < -0.39 is 60.1 Å². The average Bonchev–Trinajstić information content (AvgIpc) is 3.21. The van der Waals surface area contributed by atoms with Gasteiger partial charge in [-0.25, -0.2) is 4.79 Å². The normalized spacial score (nSPS) is 20.2. The van der Waals surface area contributed by atoms with Crippen molar-refractivity contribution in [3.63, 3.8) is 0 Å². The van der Waals surface area contributed by atoms with Gasteiger partial charge in [0.15, 0.2) is 12.0 Å². The van der Waals surface area contributed by atoms with Gasteiger partial charge in [0.25, 0.3) is 0 Å². The minimum atomic E-state index is -1.63. The summed E-state index contributed by atoms with van der Waals surface area (Å²) >= 11 is 0. The molecule has 1 aliphatic heterocycles. The average molecular weight is 474 g/mol. The van der Waals surface area contributed by atoms with Crippen LogP contribution in [0.4, 0.5) is 0 Å². The Kier molecular flexibility index (Phi) is 11.0. The first-order valence-corrected chi connectivity index (χ1v) is 10.7. The van der Waals surface area contributed by atoms with Gasteiger partial charge < -0.3 is 48.1 Å². The number of aliphatic carboxylic acids is 1. The number of carbonyl (C=O) groups excluding carboxylic acids is 3. The van der Waals surface area contributed by atoms with E-state index in [1.54, 1.807) is 0 Å². The molecule has 11 N–H and O–H groups in total. The molecule has 188 valence electrons. The third kappa shape index (κ3) is 8.47. The van der Waals surface area contributed by atoms with E-state index in [0.717, 1.165) is 0 Å². The Morgan fingerprint density at radius 2 is 1.70 bits per heavy atom. The number of aliphatic hydroxyl groups is 2. The number of nitrogens with zero attached hydrogens (tertiary/aromatic N) is 2. The van der Waals surface area contributed by atoms with Gasteiger partial charge in [0.1, 0.15) is 12.1 Å². The number of amides is 3. The Balaban J connectivity index is 2.80. The van der Waals surface area contributed by atoms with Crippen molar-refractivity contribution < 1.29 is 34.5 Å². The molecule has 14 nitrogen and oxygen atoms in total. The minimum Gasteiger partial charge on any atom is -0.480 e. The molecule has 14 heteroatoms.